The number of carbonyl (C=O) groups is 1. The molecule has 0 atom stereocenters. The summed E-state index contributed by atoms with van der Waals surface area (Å²) in [6.45, 7) is 3.93. The van der Waals surface area contributed by atoms with E-state index >= 15 is 0 Å². The zero-order valence-corrected chi connectivity index (χ0v) is 13.9. The predicted molar refractivity (Wildman–Crippen MR) is 94.7 cm³/mol. The first-order chi connectivity index (χ1) is 11.8. The van der Waals surface area contributed by atoms with Gasteiger partial charge in [-0.15, -0.1) is 11.3 Å². The second kappa shape index (κ2) is 6.58. The predicted octanol–water partition coefficient (Wildman–Crippen LogP) is 1.38. The van der Waals surface area contributed by atoms with E-state index in [0.717, 1.165) is 42.5 Å². The lowest BCUT2D eigenvalue weighted by Gasteiger charge is -2.29. The Hall–Kier alpha value is -2.45. The summed E-state index contributed by atoms with van der Waals surface area (Å²) in [6, 6.07) is 3.86. The fraction of sp³-hybridized carbons (Fsp3) is 0.312. The standard InChI is InChI=1S/C16H18N6OS/c23-15(9-13-11-24-16-18-5-8-22(13)16)20-14-2-1-12(10-19-14)21-6-3-17-4-7-21/h1-2,5,8,10-11,17H,3-4,6-7,9H2,(H,19,20,23). The fourth-order valence-corrected chi connectivity index (χ4v) is 3.67. The third-order valence-electron chi connectivity index (χ3n) is 4.06. The van der Waals surface area contributed by atoms with E-state index in [-0.39, 0.29) is 5.91 Å². The van der Waals surface area contributed by atoms with Crippen LogP contribution in [0.3, 0.4) is 0 Å². The number of fused-ring (bicyclic) bond motifs is 1. The molecule has 0 unspecified atom stereocenters. The third-order valence-corrected chi connectivity index (χ3v) is 4.96. The smallest absolute Gasteiger partial charge is 0.231 e. The molecule has 0 bridgehead atoms. The lowest BCUT2D eigenvalue weighted by molar-refractivity contribution is -0.115. The summed E-state index contributed by atoms with van der Waals surface area (Å²) >= 11 is 1.53. The Bertz CT molecular complexity index is 834. The number of nitrogens with zero attached hydrogens (tertiary/aromatic N) is 4. The van der Waals surface area contributed by atoms with Gasteiger partial charge in [-0.2, -0.15) is 0 Å². The number of pyridine rings is 1. The van der Waals surface area contributed by atoms with Crippen LogP contribution < -0.4 is 15.5 Å². The molecule has 0 aromatic carbocycles. The number of hydrogen-bond donors (Lipinski definition) is 2. The molecule has 3 aromatic heterocycles. The fourth-order valence-electron chi connectivity index (χ4n) is 2.82. The van der Waals surface area contributed by atoms with Gasteiger partial charge in [-0.3, -0.25) is 9.20 Å². The molecule has 2 N–H and O–H groups in total. The molecule has 1 fully saturated rings. The van der Waals surface area contributed by atoms with Crippen LogP contribution in [0.4, 0.5) is 11.5 Å². The number of rotatable bonds is 4. The third kappa shape index (κ3) is 3.10. The van der Waals surface area contributed by atoms with E-state index in [4.69, 9.17) is 0 Å². The topological polar surface area (TPSA) is 74.6 Å². The van der Waals surface area contributed by atoms with Gasteiger partial charge in [0.15, 0.2) is 4.96 Å². The van der Waals surface area contributed by atoms with Crippen LogP contribution in [0.2, 0.25) is 0 Å². The zero-order valence-electron chi connectivity index (χ0n) is 13.1. The molecule has 0 saturated carbocycles. The van der Waals surface area contributed by atoms with Gasteiger partial charge in [-0.1, -0.05) is 0 Å². The van der Waals surface area contributed by atoms with Crippen LogP contribution in [-0.4, -0.2) is 46.5 Å². The molecule has 0 radical (unpaired) electrons. The number of nitrogens with one attached hydrogen (secondary N) is 2. The van der Waals surface area contributed by atoms with Gasteiger partial charge >= 0.3 is 0 Å². The van der Waals surface area contributed by atoms with Crippen LogP contribution >= 0.6 is 11.3 Å². The average molecular weight is 342 g/mol. The van der Waals surface area contributed by atoms with Gasteiger partial charge in [-0.25, -0.2) is 9.97 Å². The number of imidazole rings is 1. The van der Waals surface area contributed by atoms with Crippen molar-refractivity contribution in [3.63, 3.8) is 0 Å². The van der Waals surface area contributed by atoms with Crippen molar-refractivity contribution in [2.45, 2.75) is 6.42 Å². The Morgan fingerprint density at radius 1 is 1.29 bits per heavy atom. The highest BCUT2D eigenvalue weighted by Crippen LogP contribution is 2.17. The van der Waals surface area contributed by atoms with Crippen molar-refractivity contribution in [2.24, 2.45) is 0 Å². The van der Waals surface area contributed by atoms with Gasteiger partial charge < -0.3 is 15.5 Å². The van der Waals surface area contributed by atoms with E-state index in [1.54, 1.807) is 6.20 Å². The van der Waals surface area contributed by atoms with E-state index in [0.29, 0.717) is 12.2 Å². The van der Waals surface area contributed by atoms with E-state index in [1.165, 1.54) is 11.3 Å². The van der Waals surface area contributed by atoms with Crippen molar-refractivity contribution in [3.05, 3.63) is 41.8 Å². The maximum Gasteiger partial charge on any atom is 0.231 e. The van der Waals surface area contributed by atoms with Gasteiger partial charge in [0.1, 0.15) is 5.82 Å². The molecule has 1 saturated heterocycles. The minimum absolute atomic E-state index is 0.0779. The second-order valence-corrected chi connectivity index (χ2v) is 6.51. The normalized spacial score (nSPS) is 14.9. The molecular weight excluding hydrogens is 324 g/mol. The zero-order chi connectivity index (χ0) is 16.4. The molecule has 3 aromatic rings. The van der Waals surface area contributed by atoms with Gasteiger partial charge in [0, 0.05) is 49.6 Å². The molecule has 124 valence electrons. The Balaban J connectivity index is 1.39. The van der Waals surface area contributed by atoms with E-state index in [1.807, 2.05) is 34.3 Å². The number of thiazole rings is 1. The lowest BCUT2D eigenvalue weighted by Crippen LogP contribution is -2.43. The Kier molecular flexibility index (Phi) is 4.14. The summed E-state index contributed by atoms with van der Waals surface area (Å²) in [5.74, 6) is 0.502. The minimum atomic E-state index is -0.0779. The molecule has 4 heterocycles. The molecule has 0 aliphatic carbocycles. The highest BCUT2D eigenvalue weighted by molar-refractivity contribution is 7.15. The lowest BCUT2D eigenvalue weighted by atomic mass is 10.3. The summed E-state index contributed by atoms with van der Waals surface area (Å²) in [4.78, 5) is 24.0. The second-order valence-electron chi connectivity index (χ2n) is 5.67. The maximum absolute atomic E-state index is 12.2. The first kappa shape index (κ1) is 15.1. The Labute approximate surface area is 143 Å². The summed E-state index contributed by atoms with van der Waals surface area (Å²) in [7, 11) is 0. The Morgan fingerprint density at radius 3 is 2.96 bits per heavy atom. The van der Waals surface area contributed by atoms with Crippen LogP contribution in [0, 0.1) is 0 Å². The number of hydrogen-bond acceptors (Lipinski definition) is 6. The van der Waals surface area contributed by atoms with Crippen molar-refractivity contribution in [1.29, 1.82) is 0 Å². The van der Waals surface area contributed by atoms with E-state index < -0.39 is 0 Å². The first-order valence-corrected chi connectivity index (χ1v) is 8.78. The number of amides is 1. The highest BCUT2D eigenvalue weighted by Gasteiger charge is 2.12. The van der Waals surface area contributed by atoms with Crippen molar-refractivity contribution >= 4 is 33.7 Å². The van der Waals surface area contributed by atoms with Crippen LogP contribution in [0.1, 0.15) is 5.69 Å². The van der Waals surface area contributed by atoms with Crippen molar-refractivity contribution in [1.82, 2.24) is 19.7 Å². The number of anilines is 2. The van der Waals surface area contributed by atoms with Gasteiger partial charge in [0.2, 0.25) is 5.91 Å². The van der Waals surface area contributed by atoms with Crippen LogP contribution in [-0.2, 0) is 11.2 Å². The summed E-state index contributed by atoms with van der Waals surface area (Å²) in [5.41, 5.74) is 2.02. The molecule has 8 heteroatoms. The van der Waals surface area contributed by atoms with Crippen LogP contribution in [0.5, 0.6) is 0 Å². The average Bonchev–Trinajstić information content (AvgIpc) is 3.22. The molecule has 4 rings (SSSR count). The van der Waals surface area contributed by atoms with Crippen molar-refractivity contribution in [3.8, 4) is 0 Å². The summed E-state index contributed by atoms with van der Waals surface area (Å²) in [6.07, 6.45) is 5.73. The minimum Gasteiger partial charge on any atom is -0.368 e. The van der Waals surface area contributed by atoms with Crippen LogP contribution in [0.25, 0.3) is 4.96 Å². The van der Waals surface area contributed by atoms with E-state index in [2.05, 4.69) is 25.5 Å². The molecule has 0 spiro atoms. The number of piperazine rings is 1. The molecule has 1 amide bonds. The quantitative estimate of drug-likeness (QED) is 0.749. The molecule has 1 aliphatic rings. The van der Waals surface area contributed by atoms with Crippen molar-refractivity contribution < 1.29 is 4.79 Å². The summed E-state index contributed by atoms with van der Waals surface area (Å²) in [5, 5.41) is 8.15. The first-order valence-electron chi connectivity index (χ1n) is 7.90. The molecule has 1 aliphatic heterocycles. The van der Waals surface area contributed by atoms with Gasteiger partial charge in [0.05, 0.1) is 18.3 Å². The summed E-state index contributed by atoms with van der Waals surface area (Å²) < 4.78 is 1.94. The molecular formula is C16H18N6OS. The monoisotopic (exact) mass is 342 g/mol. The highest BCUT2D eigenvalue weighted by atomic mass is 32.1. The number of aromatic nitrogens is 3. The SMILES string of the molecule is O=C(Cc1csc2nccn12)Nc1ccc(N2CCNCC2)cn1. The van der Waals surface area contributed by atoms with Crippen LogP contribution in [0.15, 0.2) is 36.1 Å². The van der Waals surface area contributed by atoms with Crippen molar-refractivity contribution in [2.75, 3.05) is 36.4 Å². The van der Waals surface area contributed by atoms with Gasteiger partial charge in [-0.05, 0) is 12.1 Å². The molecule has 7 nitrogen and oxygen atoms in total. The van der Waals surface area contributed by atoms with Gasteiger partial charge in [0.25, 0.3) is 0 Å². The number of carbonyl (C=O) groups excluding carboxylic acids is 1. The molecule has 24 heavy (non-hydrogen) atoms. The van der Waals surface area contributed by atoms with E-state index in [9.17, 15) is 4.79 Å². The maximum atomic E-state index is 12.2. The largest absolute Gasteiger partial charge is 0.368 e. The Morgan fingerprint density at radius 2 is 2.17 bits per heavy atom.